The standard InChI is InChI=1S/C11H14ClNO2/c1-3-7(2)15-11(14)8-4-5-9(12)10(13)6-8/h4-7H,3,13H2,1-2H3. The molecular weight excluding hydrogens is 214 g/mol. The Morgan fingerprint density at radius 1 is 1.60 bits per heavy atom. The zero-order chi connectivity index (χ0) is 11.4. The van der Waals surface area contributed by atoms with Crippen molar-refractivity contribution in [2.75, 3.05) is 5.73 Å². The van der Waals surface area contributed by atoms with Crippen molar-refractivity contribution in [2.24, 2.45) is 0 Å². The Bertz CT molecular complexity index is 366. The second kappa shape index (κ2) is 5.03. The van der Waals surface area contributed by atoms with E-state index in [-0.39, 0.29) is 12.1 Å². The van der Waals surface area contributed by atoms with Crippen molar-refractivity contribution in [2.45, 2.75) is 26.4 Å². The third kappa shape index (κ3) is 3.13. The molecule has 0 heterocycles. The lowest BCUT2D eigenvalue weighted by Crippen LogP contribution is -2.14. The van der Waals surface area contributed by atoms with Crippen LogP contribution in [0.2, 0.25) is 5.02 Å². The Kier molecular flexibility index (Phi) is 3.97. The summed E-state index contributed by atoms with van der Waals surface area (Å²) in [6.45, 7) is 3.80. The summed E-state index contributed by atoms with van der Waals surface area (Å²) in [6.07, 6.45) is 0.698. The van der Waals surface area contributed by atoms with Gasteiger partial charge in [-0.3, -0.25) is 0 Å². The molecule has 0 aliphatic carbocycles. The predicted molar refractivity (Wildman–Crippen MR) is 61.0 cm³/mol. The van der Waals surface area contributed by atoms with Crippen LogP contribution < -0.4 is 5.73 Å². The van der Waals surface area contributed by atoms with Crippen LogP contribution in [-0.2, 0) is 4.74 Å². The second-order valence-electron chi connectivity index (χ2n) is 3.36. The van der Waals surface area contributed by atoms with Gasteiger partial charge >= 0.3 is 5.97 Å². The van der Waals surface area contributed by atoms with Crippen LogP contribution in [0.15, 0.2) is 18.2 Å². The number of hydrogen-bond acceptors (Lipinski definition) is 3. The molecule has 82 valence electrons. The predicted octanol–water partition coefficient (Wildman–Crippen LogP) is 2.88. The zero-order valence-corrected chi connectivity index (χ0v) is 9.54. The zero-order valence-electron chi connectivity index (χ0n) is 8.79. The number of ether oxygens (including phenoxy) is 1. The van der Waals surface area contributed by atoms with Crippen LogP contribution >= 0.6 is 11.6 Å². The number of hydrogen-bond donors (Lipinski definition) is 1. The van der Waals surface area contributed by atoms with E-state index in [1.807, 2.05) is 13.8 Å². The van der Waals surface area contributed by atoms with Crippen molar-refractivity contribution in [3.05, 3.63) is 28.8 Å². The number of esters is 1. The Morgan fingerprint density at radius 2 is 2.27 bits per heavy atom. The van der Waals surface area contributed by atoms with Gasteiger partial charge in [-0.05, 0) is 31.5 Å². The second-order valence-corrected chi connectivity index (χ2v) is 3.77. The van der Waals surface area contributed by atoms with Crippen LogP contribution in [0, 0.1) is 0 Å². The fourth-order valence-corrected chi connectivity index (χ4v) is 1.12. The molecule has 0 saturated carbocycles. The van der Waals surface area contributed by atoms with Gasteiger partial charge in [0.1, 0.15) is 0 Å². The molecule has 0 spiro atoms. The number of nitrogen functional groups attached to an aromatic ring is 1. The number of carbonyl (C=O) groups is 1. The van der Waals surface area contributed by atoms with E-state index in [2.05, 4.69) is 0 Å². The van der Waals surface area contributed by atoms with E-state index in [1.165, 1.54) is 6.07 Å². The maximum absolute atomic E-state index is 11.6. The van der Waals surface area contributed by atoms with Crippen molar-refractivity contribution in [3.63, 3.8) is 0 Å². The van der Waals surface area contributed by atoms with Gasteiger partial charge in [0, 0.05) is 0 Å². The fourth-order valence-electron chi connectivity index (χ4n) is 1.00. The summed E-state index contributed by atoms with van der Waals surface area (Å²) in [5.41, 5.74) is 6.39. The maximum Gasteiger partial charge on any atom is 0.338 e. The van der Waals surface area contributed by atoms with E-state index < -0.39 is 0 Å². The molecular formula is C11H14ClNO2. The quantitative estimate of drug-likeness (QED) is 0.638. The van der Waals surface area contributed by atoms with E-state index in [0.717, 1.165) is 6.42 Å². The van der Waals surface area contributed by atoms with E-state index in [9.17, 15) is 4.79 Å². The van der Waals surface area contributed by atoms with Crippen LogP contribution in [0.25, 0.3) is 0 Å². The average Bonchev–Trinajstić information content (AvgIpc) is 2.21. The highest BCUT2D eigenvalue weighted by Crippen LogP contribution is 2.20. The first-order valence-corrected chi connectivity index (χ1v) is 5.18. The van der Waals surface area contributed by atoms with E-state index >= 15 is 0 Å². The summed E-state index contributed by atoms with van der Waals surface area (Å²) in [7, 11) is 0. The largest absolute Gasteiger partial charge is 0.459 e. The van der Waals surface area contributed by atoms with Gasteiger partial charge in [0.25, 0.3) is 0 Å². The lowest BCUT2D eigenvalue weighted by molar-refractivity contribution is 0.0334. The monoisotopic (exact) mass is 227 g/mol. The summed E-state index contributed by atoms with van der Waals surface area (Å²) in [6, 6.07) is 4.71. The first-order valence-electron chi connectivity index (χ1n) is 4.80. The third-order valence-corrected chi connectivity index (χ3v) is 2.46. The van der Waals surface area contributed by atoms with Gasteiger partial charge in [-0.1, -0.05) is 18.5 Å². The normalized spacial score (nSPS) is 12.2. The summed E-state index contributed by atoms with van der Waals surface area (Å²) in [5.74, 6) is -0.368. The molecule has 0 radical (unpaired) electrons. The molecule has 0 aromatic heterocycles. The fraction of sp³-hybridized carbons (Fsp3) is 0.364. The molecule has 1 atom stereocenters. The smallest absolute Gasteiger partial charge is 0.338 e. The third-order valence-electron chi connectivity index (χ3n) is 2.11. The molecule has 1 aromatic carbocycles. The summed E-state index contributed by atoms with van der Waals surface area (Å²) in [5, 5.41) is 0.440. The minimum Gasteiger partial charge on any atom is -0.459 e. The van der Waals surface area contributed by atoms with Gasteiger partial charge in [-0.2, -0.15) is 0 Å². The van der Waals surface area contributed by atoms with Crippen LogP contribution in [0.4, 0.5) is 5.69 Å². The Morgan fingerprint density at radius 3 is 2.80 bits per heavy atom. The lowest BCUT2D eigenvalue weighted by Gasteiger charge is -2.11. The molecule has 0 aliphatic rings. The van der Waals surface area contributed by atoms with Gasteiger partial charge in [-0.15, -0.1) is 0 Å². The lowest BCUT2D eigenvalue weighted by atomic mass is 10.2. The van der Waals surface area contributed by atoms with Crippen LogP contribution in [0.3, 0.4) is 0 Å². The minimum absolute atomic E-state index is 0.0885. The Balaban J connectivity index is 2.78. The van der Waals surface area contributed by atoms with Crippen molar-refractivity contribution in [1.82, 2.24) is 0 Å². The highest BCUT2D eigenvalue weighted by Gasteiger charge is 2.11. The first-order chi connectivity index (χ1) is 7.04. The SMILES string of the molecule is CCC(C)OC(=O)c1ccc(Cl)c(N)c1. The summed E-state index contributed by atoms with van der Waals surface area (Å²) >= 11 is 5.74. The molecule has 1 unspecified atom stereocenters. The molecule has 0 fully saturated rings. The Labute approximate surface area is 94.2 Å². The molecule has 1 rings (SSSR count). The van der Waals surface area contributed by atoms with Crippen LogP contribution in [-0.4, -0.2) is 12.1 Å². The first kappa shape index (κ1) is 11.9. The van der Waals surface area contributed by atoms with Crippen molar-refractivity contribution in [3.8, 4) is 0 Å². The van der Waals surface area contributed by atoms with Crippen LogP contribution in [0.1, 0.15) is 30.6 Å². The summed E-state index contributed by atoms with van der Waals surface area (Å²) < 4.78 is 5.14. The van der Waals surface area contributed by atoms with Gasteiger partial charge in [0.15, 0.2) is 0 Å². The van der Waals surface area contributed by atoms with E-state index in [1.54, 1.807) is 12.1 Å². The van der Waals surface area contributed by atoms with E-state index in [4.69, 9.17) is 22.1 Å². The van der Waals surface area contributed by atoms with Gasteiger partial charge in [0.2, 0.25) is 0 Å². The summed E-state index contributed by atoms with van der Waals surface area (Å²) in [4.78, 5) is 11.6. The topological polar surface area (TPSA) is 52.3 Å². The maximum atomic E-state index is 11.6. The van der Waals surface area contributed by atoms with E-state index in [0.29, 0.717) is 16.3 Å². The molecule has 0 amide bonds. The molecule has 2 N–H and O–H groups in total. The number of anilines is 1. The average molecular weight is 228 g/mol. The van der Waals surface area contributed by atoms with Crippen molar-refractivity contribution >= 4 is 23.3 Å². The molecule has 0 aliphatic heterocycles. The number of carbonyl (C=O) groups excluding carboxylic acids is 1. The molecule has 15 heavy (non-hydrogen) atoms. The number of nitrogens with two attached hydrogens (primary N) is 1. The Hall–Kier alpha value is -1.22. The molecule has 0 saturated heterocycles. The molecule has 0 bridgehead atoms. The molecule has 4 heteroatoms. The number of benzene rings is 1. The van der Waals surface area contributed by atoms with Gasteiger partial charge < -0.3 is 10.5 Å². The minimum atomic E-state index is -0.368. The van der Waals surface area contributed by atoms with Gasteiger partial charge in [-0.25, -0.2) is 4.79 Å². The van der Waals surface area contributed by atoms with Gasteiger partial charge in [0.05, 0.1) is 22.4 Å². The van der Waals surface area contributed by atoms with Crippen LogP contribution in [0.5, 0.6) is 0 Å². The number of halogens is 1. The highest BCUT2D eigenvalue weighted by atomic mass is 35.5. The molecule has 3 nitrogen and oxygen atoms in total. The van der Waals surface area contributed by atoms with Crippen molar-refractivity contribution < 1.29 is 9.53 Å². The van der Waals surface area contributed by atoms with Crippen molar-refractivity contribution in [1.29, 1.82) is 0 Å². The molecule has 1 aromatic rings. The highest BCUT2D eigenvalue weighted by molar-refractivity contribution is 6.33. The number of rotatable bonds is 3.